The summed E-state index contributed by atoms with van der Waals surface area (Å²) in [5, 5.41) is 0. The van der Waals surface area contributed by atoms with Crippen LogP contribution in [0.1, 0.15) is 25.3 Å². The Morgan fingerprint density at radius 3 is 2.43 bits per heavy atom. The molecule has 3 nitrogen and oxygen atoms in total. The number of methoxy groups -OCH3 is 1. The predicted molar refractivity (Wildman–Crippen MR) is 89.1 cm³/mol. The Hall–Kier alpha value is -1.32. The van der Waals surface area contributed by atoms with E-state index in [0.717, 1.165) is 36.3 Å². The first-order valence-electron chi connectivity index (χ1n) is 6.99. The number of hydrogen-bond donors (Lipinski definition) is 0. The maximum atomic E-state index is 12.6. The number of benzene rings is 1. The van der Waals surface area contributed by atoms with E-state index in [-0.39, 0.29) is 17.8 Å². The Morgan fingerprint density at radius 1 is 1.29 bits per heavy atom. The lowest BCUT2D eigenvalue weighted by molar-refractivity contribution is -0.122. The standard InChI is InChI=1S/C17H23NO2.ClH/c1-17(12-18(2)3)10-9-14(16(17)19)11-13-5-7-15(20-4)8-6-13;/h5-8,11H,9-10,12H2,1-4H3;1H. The molecule has 0 amide bonds. The molecule has 0 aromatic heterocycles. The summed E-state index contributed by atoms with van der Waals surface area (Å²) in [5.41, 5.74) is 1.77. The lowest BCUT2D eigenvalue weighted by Gasteiger charge is -2.25. The summed E-state index contributed by atoms with van der Waals surface area (Å²) in [6.07, 6.45) is 3.82. The van der Waals surface area contributed by atoms with Crippen molar-refractivity contribution in [2.45, 2.75) is 19.8 Å². The number of Topliss-reactive ketones (excluding diaryl/α,β-unsaturated/α-hetero) is 1. The van der Waals surface area contributed by atoms with Gasteiger partial charge in [0, 0.05) is 12.0 Å². The molecule has 0 saturated heterocycles. The minimum Gasteiger partial charge on any atom is -0.497 e. The van der Waals surface area contributed by atoms with Crippen molar-refractivity contribution in [3.63, 3.8) is 0 Å². The molecular weight excluding hydrogens is 286 g/mol. The molecule has 1 unspecified atom stereocenters. The van der Waals surface area contributed by atoms with E-state index >= 15 is 0 Å². The normalized spacial score (nSPS) is 23.5. The van der Waals surface area contributed by atoms with Crippen LogP contribution in [0, 0.1) is 5.41 Å². The van der Waals surface area contributed by atoms with Gasteiger partial charge in [0.1, 0.15) is 5.75 Å². The molecule has 4 heteroatoms. The number of rotatable bonds is 4. The van der Waals surface area contributed by atoms with Crippen LogP contribution in [-0.2, 0) is 4.79 Å². The number of carbonyl (C=O) groups excluding carboxylic acids is 1. The van der Waals surface area contributed by atoms with Gasteiger partial charge >= 0.3 is 0 Å². The lowest BCUT2D eigenvalue weighted by atomic mass is 9.86. The molecular formula is C17H24ClNO2. The molecule has 21 heavy (non-hydrogen) atoms. The highest BCUT2D eigenvalue weighted by molar-refractivity contribution is 6.05. The molecule has 2 rings (SSSR count). The monoisotopic (exact) mass is 309 g/mol. The van der Waals surface area contributed by atoms with Crippen LogP contribution in [0.15, 0.2) is 29.8 Å². The zero-order valence-electron chi connectivity index (χ0n) is 13.2. The number of nitrogens with zero attached hydrogens (tertiary/aromatic N) is 1. The van der Waals surface area contributed by atoms with Crippen molar-refractivity contribution in [3.05, 3.63) is 35.4 Å². The first-order chi connectivity index (χ1) is 9.44. The van der Waals surface area contributed by atoms with Gasteiger partial charge in [-0.05, 0) is 56.3 Å². The molecule has 0 heterocycles. The van der Waals surface area contributed by atoms with Crippen LogP contribution in [0.5, 0.6) is 5.75 Å². The number of carbonyl (C=O) groups is 1. The summed E-state index contributed by atoms with van der Waals surface area (Å²) in [4.78, 5) is 14.7. The molecule has 0 N–H and O–H groups in total. The SMILES string of the molecule is COc1ccc(C=C2CCC(C)(CN(C)C)C2=O)cc1.Cl. The predicted octanol–water partition coefficient (Wildman–Crippen LogP) is 3.43. The molecule has 1 fully saturated rings. The molecule has 0 radical (unpaired) electrons. The average Bonchev–Trinajstić information content (AvgIpc) is 2.67. The maximum Gasteiger partial charge on any atom is 0.166 e. The third kappa shape index (κ3) is 4.08. The largest absolute Gasteiger partial charge is 0.497 e. The first kappa shape index (κ1) is 17.7. The van der Waals surface area contributed by atoms with E-state index in [0.29, 0.717) is 5.78 Å². The number of ether oxygens (including phenoxy) is 1. The van der Waals surface area contributed by atoms with Crippen LogP contribution in [0.25, 0.3) is 6.08 Å². The number of allylic oxidation sites excluding steroid dienone is 1. The highest BCUT2D eigenvalue weighted by Crippen LogP contribution is 2.39. The minimum absolute atomic E-state index is 0. The number of hydrogen-bond acceptors (Lipinski definition) is 3. The van der Waals surface area contributed by atoms with Gasteiger partial charge < -0.3 is 9.64 Å². The Bertz CT molecular complexity index is 522. The zero-order valence-corrected chi connectivity index (χ0v) is 14.0. The highest BCUT2D eigenvalue weighted by atomic mass is 35.5. The van der Waals surface area contributed by atoms with Crippen LogP contribution in [0.3, 0.4) is 0 Å². The van der Waals surface area contributed by atoms with Crippen LogP contribution >= 0.6 is 12.4 Å². The molecule has 1 aromatic carbocycles. The molecule has 1 aromatic rings. The average molecular weight is 310 g/mol. The van der Waals surface area contributed by atoms with Gasteiger partial charge in [-0.3, -0.25) is 4.79 Å². The van der Waals surface area contributed by atoms with Crippen molar-refractivity contribution in [3.8, 4) is 5.75 Å². The van der Waals surface area contributed by atoms with Gasteiger partial charge in [-0.2, -0.15) is 0 Å². The van der Waals surface area contributed by atoms with Crippen LogP contribution in [0.4, 0.5) is 0 Å². The topological polar surface area (TPSA) is 29.5 Å². The van der Waals surface area contributed by atoms with Crippen molar-refractivity contribution >= 4 is 24.3 Å². The minimum atomic E-state index is -0.234. The lowest BCUT2D eigenvalue weighted by Crippen LogP contribution is -2.34. The Kier molecular flexibility index (Phi) is 5.99. The van der Waals surface area contributed by atoms with E-state index in [1.165, 1.54) is 0 Å². The third-order valence-corrected chi connectivity index (χ3v) is 3.91. The van der Waals surface area contributed by atoms with Gasteiger partial charge in [-0.25, -0.2) is 0 Å². The summed E-state index contributed by atoms with van der Waals surface area (Å²) in [6.45, 7) is 2.88. The van der Waals surface area contributed by atoms with Crippen LogP contribution in [0.2, 0.25) is 0 Å². The van der Waals surface area contributed by atoms with Gasteiger partial charge in [-0.15, -0.1) is 12.4 Å². The van der Waals surface area contributed by atoms with Gasteiger partial charge in [0.05, 0.1) is 7.11 Å². The summed E-state index contributed by atoms with van der Waals surface area (Å²) >= 11 is 0. The van der Waals surface area contributed by atoms with E-state index in [9.17, 15) is 4.79 Å². The smallest absolute Gasteiger partial charge is 0.166 e. The van der Waals surface area contributed by atoms with Gasteiger partial charge in [0.2, 0.25) is 0 Å². The molecule has 1 aliphatic carbocycles. The Balaban J connectivity index is 0.00000220. The molecule has 1 saturated carbocycles. The van der Waals surface area contributed by atoms with Crippen LogP contribution in [-0.4, -0.2) is 38.4 Å². The summed E-state index contributed by atoms with van der Waals surface area (Å²) in [7, 11) is 5.69. The maximum absolute atomic E-state index is 12.6. The Morgan fingerprint density at radius 2 is 1.90 bits per heavy atom. The fourth-order valence-corrected chi connectivity index (χ4v) is 2.91. The fourth-order valence-electron chi connectivity index (χ4n) is 2.91. The molecule has 0 spiro atoms. The summed E-state index contributed by atoms with van der Waals surface area (Å²) < 4.78 is 5.14. The van der Waals surface area contributed by atoms with Gasteiger partial charge in [-0.1, -0.05) is 19.1 Å². The van der Waals surface area contributed by atoms with Gasteiger partial charge in [0.25, 0.3) is 0 Å². The second-order valence-electron chi connectivity index (χ2n) is 6.07. The van der Waals surface area contributed by atoms with E-state index < -0.39 is 0 Å². The van der Waals surface area contributed by atoms with Crippen molar-refractivity contribution < 1.29 is 9.53 Å². The van der Waals surface area contributed by atoms with Crippen molar-refractivity contribution in [2.24, 2.45) is 5.41 Å². The van der Waals surface area contributed by atoms with Crippen LogP contribution < -0.4 is 4.74 Å². The second-order valence-corrected chi connectivity index (χ2v) is 6.07. The molecule has 1 atom stereocenters. The first-order valence-corrected chi connectivity index (χ1v) is 6.99. The molecule has 1 aliphatic rings. The van der Waals surface area contributed by atoms with E-state index in [2.05, 4.69) is 11.8 Å². The molecule has 0 bridgehead atoms. The zero-order chi connectivity index (χ0) is 14.8. The number of ketones is 1. The van der Waals surface area contributed by atoms with Gasteiger partial charge in [0.15, 0.2) is 5.78 Å². The fraction of sp³-hybridized carbons (Fsp3) is 0.471. The number of halogens is 1. The summed E-state index contributed by atoms with van der Waals surface area (Å²) in [6, 6.07) is 7.82. The second kappa shape index (κ2) is 7.10. The molecule has 0 aliphatic heterocycles. The molecule has 116 valence electrons. The summed E-state index contributed by atoms with van der Waals surface area (Å²) in [5.74, 6) is 1.13. The van der Waals surface area contributed by atoms with E-state index in [1.807, 2.05) is 44.4 Å². The van der Waals surface area contributed by atoms with Crippen molar-refractivity contribution in [1.29, 1.82) is 0 Å². The van der Waals surface area contributed by atoms with Crippen molar-refractivity contribution in [2.75, 3.05) is 27.7 Å². The highest BCUT2D eigenvalue weighted by Gasteiger charge is 2.40. The van der Waals surface area contributed by atoms with Crippen molar-refractivity contribution in [1.82, 2.24) is 4.90 Å². The van der Waals surface area contributed by atoms with E-state index in [1.54, 1.807) is 7.11 Å². The third-order valence-electron chi connectivity index (χ3n) is 3.91. The Labute approximate surface area is 133 Å². The van der Waals surface area contributed by atoms with E-state index in [4.69, 9.17) is 4.74 Å². The quantitative estimate of drug-likeness (QED) is 0.798.